The molecule has 1 aliphatic carbocycles. The molecule has 2 aliphatic heterocycles. The summed E-state index contributed by atoms with van der Waals surface area (Å²) in [5.41, 5.74) is 0.0593. The van der Waals surface area contributed by atoms with Gasteiger partial charge in [0.1, 0.15) is 28.8 Å². The minimum absolute atomic E-state index is 0.0955. The van der Waals surface area contributed by atoms with Crippen LogP contribution in [-0.4, -0.2) is 47.5 Å². The first-order valence-electron chi connectivity index (χ1n) is 13.7. The summed E-state index contributed by atoms with van der Waals surface area (Å²) in [5, 5.41) is 12.4. The number of anilines is 2. The summed E-state index contributed by atoms with van der Waals surface area (Å²) >= 11 is 5.89. The lowest BCUT2D eigenvalue weighted by molar-refractivity contribution is -0.124. The lowest BCUT2D eigenvalue weighted by atomic mass is 9.74. The molecule has 1 aromatic carbocycles. The van der Waals surface area contributed by atoms with Gasteiger partial charge in [-0.15, -0.1) is 0 Å². The zero-order valence-corrected chi connectivity index (χ0v) is 23.1. The number of hydrogen-bond acceptors (Lipinski definition) is 6. The average Bonchev–Trinajstić information content (AvgIpc) is 3.19. The molecule has 3 aliphatic rings. The van der Waals surface area contributed by atoms with Crippen LogP contribution in [0.1, 0.15) is 59.3 Å². The van der Waals surface area contributed by atoms with Crippen molar-refractivity contribution in [2.24, 2.45) is 5.92 Å². The molecule has 42 heavy (non-hydrogen) atoms. The summed E-state index contributed by atoms with van der Waals surface area (Å²) in [5.74, 6) is -0.546. The molecule has 1 saturated carbocycles. The number of benzene rings is 1. The zero-order chi connectivity index (χ0) is 29.6. The highest BCUT2D eigenvalue weighted by Crippen LogP contribution is 2.49. The van der Waals surface area contributed by atoms with Crippen LogP contribution in [0.4, 0.5) is 24.7 Å². The molecule has 1 N–H and O–H groups in total. The fourth-order valence-electron chi connectivity index (χ4n) is 6.41. The van der Waals surface area contributed by atoms with Gasteiger partial charge in [0.05, 0.1) is 21.8 Å². The van der Waals surface area contributed by atoms with Gasteiger partial charge in [-0.3, -0.25) is 14.6 Å². The van der Waals surface area contributed by atoms with Gasteiger partial charge in [0, 0.05) is 38.1 Å². The summed E-state index contributed by atoms with van der Waals surface area (Å²) < 4.78 is 41.1. The van der Waals surface area contributed by atoms with Crippen molar-refractivity contribution >= 4 is 34.9 Å². The molecule has 0 radical (unpaired) electrons. The van der Waals surface area contributed by atoms with E-state index in [1.165, 1.54) is 18.2 Å². The van der Waals surface area contributed by atoms with Crippen LogP contribution < -0.4 is 15.1 Å². The van der Waals surface area contributed by atoms with E-state index in [4.69, 9.17) is 11.6 Å². The Morgan fingerprint density at radius 1 is 1.17 bits per heavy atom. The first kappa shape index (κ1) is 28.0. The number of alkyl halides is 2. The van der Waals surface area contributed by atoms with Crippen molar-refractivity contribution in [2.45, 2.75) is 43.6 Å². The normalized spacial score (nSPS) is 20.8. The zero-order valence-electron chi connectivity index (χ0n) is 22.4. The molecule has 0 unspecified atom stereocenters. The summed E-state index contributed by atoms with van der Waals surface area (Å²) in [6.45, 7) is 1.08. The molecule has 2 fully saturated rings. The fraction of sp³-hybridized carbons (Fsp3) is 0.367. The fourth-order valence-corrected chi connectivity index (χ4v) is 6.57. The van der Waals surface area contributed by atoms with Crippen molar-refractivity contribution in [1.82, 2.24) is 15.3 Å². The van der Waals surface area contributed by atoms with Gasteiger partial charge in [0.25, 0.3) is 12.3 Å². The SMILES string of the molecule is N#Cc1cccnc1N1CC2(C1)C(=O)N(CC1CCC(NC(=O)c3cc(Cl)cnc3C(F)F)CC1)c1cc(F)ccc12. The van der Waals surface area contributed by atoms with Crippen LogP contribution in [0.3, 0.4) is 0 Å². The number of nitrogens with zero attached hydrogens (tertiary/aromatic N) is 5. The van der Waals surface area contributed by atoms with Gasteiger partial charge in [0.15, 0.2) is 0 Å². The highest BCUT2D eigenvalue weighted by Gasteiger charge is 2.59. The van der Waals surface area contributed by atoms with Gasteiger partial charge < -0.3 is 15.1 Å². The van der Waals surface area contributed by atoms with Crippen LogP contribution in [0.5, 0.6) is 0 Å². The number of pyridine rings is 2. The number of carbonyl (C=O) groups is 2. The maximum absolute atomic E-state index is 14.4. The highest BCUT2D eigenvalue weighted by molar-refractivity contribution is 6.30. The molecule has 0 atom stereocenters. The number of hydrogen-bond donors (Lipinski definition) is 1. The molecule has 12 heteroatoms. The molecule has 0 bridgehead atoms. The molecule has 4 heterocycles. The van der Waals surface area contributed by atoms with E-state index in [1.54, 1.807) is 29.3 Å². The third-order valence-electron chi connectivity index (χ3n) is 8.51. The second kappa shape index (κ2) is 10.9. The van der Waals surface area contributed by atoms with Gasteiger partial charge in [-0.2, -0.15) is 5.26 Å². The Hall–Kier alpha value is -4.17. The van der Waals surface area contributed by atoms with Crippen molar-refractivity contribution in [3.8, 4) is 6.07 Å². The number of aromatic nitrogens is 2. The molecule has 1 spiro atoms. The smallest absolute Gasteiger partial charge is 0.281 e. The van der Waals surface area contributed by atoms with E-state index in [-0.39, 0.29) is 28.5 Å². The van der Waals surface area contributed by atoms with Gasteiger partial charge in [0.2, 0.25) is 5.91 Å². The number of carbonyl (C=O) groups excluding carboxylic acids is 2. The van der Waals surface area contributed by atoms with Gasteiger partial charge in [-0.05, 0) is 67.5 Å². The average molecular weight is 595 g/mol. The molecule has 1 saturated heterocycles. The van der Waals surface area contributed by atoms with Crippen molar-refractivity contribution in [2.75, 3.05) is 29.4 Å². The second-order valence-electron chi connectivity index (χ2n) is 11.1. The van der Waals surface area contributed by atoms with Crippen molar-refractivity contribution in [3.05, 3.63) is 82.0 Å². The number of nitrogens with one attached hydrogen (secondary N) is 1. The van der Waals surface area contributed by atoms with E-state index in [9.17, 15) is 28.0 Å². The molecule has 2 aromatic heterocycles. The lowest BCUT2D eigenvalue weighted by Crippen LogP contribution is -2.64. The highest BCUT2D eigenvalue weighted by atomic mass is 35.5. The van der Waals surface area contributed by atoms with Crippen LogP contribution in [0.15, 0.2) is 48.8 Å². The Balaban J connectivity index is 1.13. The van der Waals surface area contributed by atoms with Crippen LogP contribution in [0.2, 0.25) is 5.02 Å². The lowest BCUT2D eigenvalue weighted by Gasteiger charge is -2.47. The number of rotatable bonds is 6. The molecule has 216 valence electrons. The summed E-state index contributed by atoms with van der Waals surface area (Å²) in [4.78, 5) is 38.2. The van der Waals surface area contributed by atoms with E-state index < -0.39 is 29.3 Å². The third kappa shape index (κ3) is 4.83. The van der Waals surface area contributed by atoms with Crippen molar-refractivity contribution in [1.29, 1.82) is 5.26 Å². The van der Waals surface area contributed by atoms with E-state index >= 15 is 0 Å². The number of nitriles is 1. The monoisotopic (exact) mass is 594 g/mol. The third-order valence-corrected chi connectivity index (χ3v) is 8.71. The largest absolute Gasteiger partial charge is 0.353 e. The van der Waals surface area contributed by atoms with Crippen LogP contribution in [-0.2, 0) is 10.2 Å². The van der Waals surface area contributed by atoms with Gasteiger partial charge in [-0.25, -0.2) is 18.2 Å². The number of fused-ring (bicyclic) bond motifs is 2. The second-order valence-corrected chi connectivity index (χ2v) is 11.5. The summed E-state index contributed by atoms with van der Waals surface area (Å²) in [7, 11) is 0. The molecule has 2 amide bonds. The van der Waals surface area contributed by atoms with E-state index in [1.807, 2.05) is 4.90 Å². The Labute approximate surface area is 245 Å². The quantitative estimate of drug-likeness (QED) is 0.422. The number of amides is 2. The van der Waals surface area contributed by atoms with Crippen LogP contribution in [0, 0.1) is 23.1 Å². The summed E-state index contributed by atoms with van der Waals surface area (Å²) in [6.07, 6.45) is 2.36. The minimum Gasteiger partial charge on any atom is -0.353 e. The molecule has 8 nitrogen and oxygen atoms in total. The van der Waals surface area contributed by atoms with Gasteiger partial charge >= 0.3 is 0 Å². The number of halogens is 4. The van der Waals surface area contributed by atoms with Crippen molar-refractivity contribution < 1.29 is 22.8 Å². The summed E-state index contributed by atoms with van der Waals surface area (Å²) in [6, 6.07) is 10.9. The van der Waals surface area contributed by atoms with Crippen LogP contribution in [0.25, 0.3) is 0 Å². The Bertz CT molecular complexity index is 1600. The molecular formula is C30H26ClF3N6O2. The Morgan fingerprint density at radius 3 is 2.64 bits per heavy atom. The van der Waals surface area contributed by atoms with Gasteiger partial charge in [-0.1, -0.05) is 17.7 Å². The maximum atomic E-state index is 14.4. The predicted octanol–water partition coefficient (Wildman–Crippen LogP) is 5.17. The topological polar surface area (TPSA) is 102 Å². The van der Waals surface area contributed by atoms with E-state index in [0.717, 1.165) is 11.8 Å². The maximum Gasteiger partial charge on any atom is 0.281 e. The minimum atomic E-state index is -2.91. The standard InChI is InChI=1S/C30H26ClF3N6O2/c31-19-10-22(25(26(33)34)37-13-19)28(41)38-21-6-3-17(4-7-21)14-40-24-11-20(32)5-8-23(24)30(29(40)42)15-39(16-30)27-18(12-35)2-1-9-36-27/h1-2,5,8-11,13,17,21,26H,3-4,6-7,14-16H2,(H,38,41). The Morgan fingerprint density at radius 2 is 1.93 bits per heavy atom. The Kier molecular flexibility index (Phi) is 7.27. The first-order valence-corrected chi connectivity index (χ1v) is 14.0. The molecular weight excluding hydrogens is 569 g/mol. The van der Waals surface area contributed by atoms with Crippen LogP contribution >= 0.6 is 11.6 Å². The van der Waals surface area contributed by atoms with E-state index in [0.29, 0.717) is 62.4 Å². The van der Waals surface area contributed by atoms with E-state index in [2.05, 4.69) is 21.4 Å². The molecule has 3 aromatic rings. The first-order chi connectivity index (χ1) is 20.2. The predicted molar refractivity (Wildman–Crippen MR) is 149 cm³/mol. The molecule has 6 rings (SSSR count). The van der Waals surface area contributed by atoms with Crippen molar-refractivity contribution in [3.63, 3.8) is 0 Å².